The van der Waals surface area contributed by atoms with Gasteiger partial charge in [-0.15, -0.1) is 0 Å². The first-order valence-electron chi connectivity index (χ1n) is 9.77. The fourth-order valence-electron chi connectivity index (χ4n) is 3.13. The third kappa shape index (κ3) is 13.1. The number of halogens is 2. The molecule has 3 unspecified atom stereocenters. The van der Waals surface area contributed by atoms with Crippen LogP contribution in [-0.2, 0) is 9.47 Å². The molecule has 138 valence electrons. The second-order valence-corrected chi connectivity index (χ2v) is 11.1. The summed E-state index contributed by atoms with van der Waals surface area (Å²) in [6, 6.07) is 0. The highest BCUT2D eigenvalue weighted by atomic mass is 127. The highest BCUT2D eigenvalue weighted by Crippen LogP contribution is 2.24. The van der Waals surface area contributed by atoms with Gasteiger partial charge in [-0.1, -0.05) is 96.8 Å². The van der Waals surface area contributed by atoms with Gasteiger partial charge >= 0.3 is 0 Å². The normalized spacial score (nSPS) is 21.3. The molecule has 1 fully saturated rings. The molecule has 1 aliphatic rings. The SMILES string of the molecule is CCCCCCCCCCC(CCC(Br)I)OC1CCCCO1. The van der Waals surface area contributed by atoms with Gasteiger partial charge < -0.3 is 9.47 Å². The summed E-state index contributed by atoms with van der Waals surface area (Å²) in [6.07, 6.45) is 18.5. The van der Waals surface area contributed by atoms with E-state index in [9.17, 15) is 0 Å². The molecule has 2 nitrogen and oxygen atoms in total. The van der Waals surface area contributed by atoms with E-state index in [0.29, 0.717) is 8.94 Å². The molecule has 0 aromatic heterocycles. The van der Waals surface area contributed by atoms with Gasteiger partial charge in [0.2, 0.25) is 0 Å². The van der Waals surface area contributed by atoms with E-state index in [1.54, 1.807) is 0 Å². The smallest absolute Gasteiger partial charge is 0.157 e. The molecule has 1 saturated heterocycles. The molecule has 0 amide bonds. The third-order valence-electron chi connectivity index (χ3n) is 4.57. The lowest BCUT2D eigenvalue weighted by atomic mass is 10.0. The minimum Gasteiger partial charge on any atom is -0.353 e. The Morgan fingerprint density at radius 3 is 2.30 bits per heavy atom. The lowest BCUT2D eigenvalue weighted by Crippen LogP contribution is -2.28. The molecule has 3 atom stereocenters. The molecule has 0 spiro atoms. The summed E-state index contributed by atoms with van der Waals surface area (Å²) < 4.78 is 12.6. The fraction of sp³-hybridized carbons (Fsp3) is 1.00. The van der Waals surface area contributed by atoms with E-state index in [4.69, 9.17) is 9.47 Å². The van der Waals surface area contributed by atoms with Crippen LogP contribution in [-0.4, -0.2) is 21.8 Å². The van der Waals surface area contributed by atoms with Crippen molar-refractivity contribution in [2.75, 3.05) is 6.61 Å². The maximum Gasteiger partial charge on any atom is 0.157 e. The van der Waals surface area contributed by atoms with Crippen molar-refractivity contribution in [2.45, 2.75) is 112 Å². The minimum atomic E-state index is 0.0609. The van der Waals surface area contributed by atoms with Gasteiger partial charge in [-0.25, -0.2) is 0 Å². The van der Waals surface area contributed by atoms with E-state index < -0.39 is 0 Å². The summed E-state index contributed by atoms with van der Waals surface area (Å²) in [7, 11) is 0. The summed E-state index contributed by atoms with van der Waals surface area (Å²) in [5.41, 5.74) is 0. The van der Waals surface area contributed by atoms with Gasteiger partial charge in [-0.2, -0.15) is 0 Å². The Morgan fingerprint density at radius 1 is 1.00 bits per heavy atom. The average molecular weight is 503 g/mol. The van der Waals surface area contributed by atoms with Crippen molar-refractivity contribution in [1.82, 2.24) is 0 Å². The molecular weight excluding hydrogens is 467 g/mol. The molecule has 0 aliphatic carbocycles. The first-order chi connectivity index (χ1) is 11.2. The Labute approximate surface area is 166 Å². The zero-order valence-electron chi connectivity index (χ0n) is 14.9. The largest absolute Gasteiger partial charge is 0.353 e. The highest BCUT2D eigenvalue weighted by molar-refractivity contribution is 14.1. The Kier molecular flexibility index (Phi) is 14.8. The summed E-state index contributed by atoms with van der Waals surface area (Å²) in [5, 5.41) is 0. The molecule has 4 heteroatoms. The summed E-state index contributed by atoms with van der Waals surface area (Å²) >= 11 is 6.09. The van der Waals surface area contributed by atoms with Crippen LogP contribution in [0, 0.1) is 0 Å². The van der Waals surface area contributed by atoms with E-state index in [0.717, 1.165) is 19.4 Å². The first kappa shape index (κ1) is 22.2. The second kappa shape index (κ2) is 15.4. The molecule has 0 bridgehead atoms. The predicted molar refractivity (Wildman–Crippen MR) is 112 cm³/mol. The van der Waals surface area contributed by atoms with Crippen LogP contribution in [0.15, 0.2) is 0 Å². The molecule has 0 saturated carbocycles. The van der Waals surface area contributed by atoms with Gasteiger partial charge in [-0.3, -0.25) is 0 Å². The van der Waals surface area contributed by atoms with Crippen molar-refractivity contribution in [3.63, 3.8) is 0 Å². The van der Waals surface area contributed by atoms with Crippen molar-refractivity contribution in [2.24, 2.45) is 0 Å². The maximum absolute atomic E-state index is 6.26. The quantitative estimate of drug-likeness (QED) is 0.140. The summed E-state index contributed by atoms with van der Waals surface area (Å²) in [5.74, 6) is 0. The van der Waals surface area contributed by atoms with Crippen LogP contribution in [0.1, 0.15) is 96.8 Å². The van der Waals surface area contributed by atoms with Gasteiger partial charge in [-0.05, 0) is 38.5 Å². The Hall–Kier alpha value is 1.13. The van der Waals surface area contributed by atoms with Crippen LogP contribution in [0.3, 0.4) is 0 Å². The Bertz CT molecular complexity index is 258. The number of unbranched alkanes of at least 4 members (excludes halogenated alkanes) is 7. The minimum absolute atomic E-state index is 0.0609. The molecule has 0 aromatic carbocycles. The van der Waals surface area contributed by atoms with E-state index in [-0.39, 0.29) is 6.29 Å². The van der Waals surface area contributed by atoms with Crippen LogP contribution in [0.4, 0.5) is 0 Å². The van der Waals surface area contributed by atoms with Crippen LogP contribution in [0.2, 0.25) is 0 Å². The number of alkyl halides is 2. The molecule has 1 rings (SSSR count). The van der Waals surface area contributed by atoms with Crippen LogP contribution in [0.25, 0.3) is 0 Å². The molecule has 0 radical (unpaired) electrons. The van der Waals surface area contributed by atoms with E-state index in [1.807, 2.05) is 0 Å². The summed E-state index contributed by atoms with van der Waals surface area (Å²) in [4.78, 5) is 0. The van der Waals surface area contributed by atoms with Gasteiger partial charge in [0.1, 0.15) is 0 Å². The van der Waals surface area contributed by atoms with Crippen LogP contribution < -0.4 is 0 Å². The fourth-order valence-corrected chi connectivity index (χ4v) is 3.76. The van der Waals surface area contributed by atoms with Crippen molar-refractivity contribution < 1.29 is 9.47 Å². The molecule has 23 heavy (non-hydrogen) atoms. The highest BCUT2D eigenvalue weighted by Gasteiger charge is 2.20. The molecule has 1 heterocycles. The van der Waals surface area contributed by atoms with Crippen molar-refractivity contribution in [3.05, 3.63) is 0 Å². The van der Waals surface area contributed by atoms with E-state index in [2.05, 4.69) is 45.4 Å². The number of rotatable bonds is 14. The zero-order valence-corrected chi connectivity index (χ0v) is 18.7. The van der Waals surface area contributed by atoms with Crippen LogP contribution >= 0.6 is 38.5 Å². The topological polar surface area (TPSA) is 18.5 Å². The monoisotopic (exact) mass is 502 g/mol. The summed E-state index contributed by atoms with van der Waals surface area (Å²) in [6.45, 7) is 3.16. The molecule has 0 N–H and O–H groups in total. The Balaban J connectivity index is 2.12. The van der Waals surface area contributed by atoms with E-state index in [1.165, 1.54) is 77.0 Å². The van der Waals surface area contributed by atoms with Crippen LogP contribution in [0.5, 0.6) is 0 Å². The maximum atomic E-state index is 6.26. The molecule has 1 aliphatic heterocycles. The number of hydrogen-bond donors (Lipinski definition) is 0. The third-order valence-corrected chi connectivity index (χ3v) is 5.65. The first-order valence-corrected chi connectivity index (χ1v) is 11.9. The van der Waals surface area contributed by atoms with Crippen molar-refractivity contribution in [3.8, 4) is 0 Å². The van der Waals surface area contributed by atoms with Gasteiger partial charge in [0.15, 0.2) is 6.29 Å². The lowest BCUT2D eigenvalue weighted by Gasteiger charge is -2.28. The predicted octanol–water partition coefficient (Wildman–Crippen LogP) is 7.37. The average Bonchev–Trinajstić information content (AvgIpc) is 2.55. The van der Waals surface area contributed by atoms with E-state index >= 15 is 0 Å². The number of ether oxygens (including phenoxy) is 2. The number of hydrogen-bond acceptors (Lipinski definition) is 2. The van der Waals surface area contributed by atoms with Crippen molar-refractivity contribution in [1.29, 1.82) is 0 Å². The van der Waals surface area contributed by atoms with Crippen molar-refractivity contribution >= 4 is 38.5 Å². The lowest BCUT2D eigenvalue weighted by molar-refractivity contribution is -0.190. The van der Waals surface area contributed by atoms with Gasteiger partial charge in [0.25, 0.3) is 0 Å². The molecule has 0 aromatic rings. The second-order valence-electron chi connectivity index (χ2n) is 6.79. The van der Waals surface area contributed by atoms with Gasteiger partial charge in [0, 0.05) is 6.61 Å². The molecular formula is C19H36BrIO2. The van der Waals surface area contributed by atoms with Gasteiger partial charge in [0.05, 0.1) is 8.94 Å². The zero-order chi connectivity index (χ0) is 16.8. The standard InChI is InChI=1S/C19H36BrIO2/c1-2-3-4-5-6-7-8-9-12-17(14-15-18(20)21)23-19-13-10-11-16-22-19/h17-19H,2-16H2,1H3. The Morgan fingerprint density at radius 2 is 1.70 bits per heavy atom.